The van der Waals surface area contributed by atoms with Crippen molar-refractivity contribution in [1.29, 1.82) is 0 Å². The van der Waals surface area contributed by atoms with Gasteiger partial charge in [-0.25, -0.2) is 4.98 Å². The molecule has 1 fully saturated rings. The van der Waals surface area contributed by atoms with Crippen molar-refractivity contribution in [3.05, 3.63) is 48.2 Å². The average molecular weight is 349 g/mol. The molecule has 6 nitrogen and oxygen atoms in total. The van der Waals surface area contributed by atoms with Crippen molar-refractivity contribution in [3.63, 3.8) is 0 Å². The van der Waals surface area contributed by atoms with Gasteiger partial charge in [0.15, 0.2) is 0 Å². The number of pyridine rings is 1. The Hall–Kier alpha value is -2.74. The number of alkyl halides is 2. The minimum atomic E-state index is -3.00. The molecule has 1 aromatic carbocycles. The van der Waals surface area contributed by atoms with Gasteiger partial charge in [-0.15, -0.1) is 0 Å². The predicted molar refractivity (Wildman–Crippen MR) is 88.3 cm³/mol. The van der Waals surface area contributed by atoms with Crippen LogP contribution >= 0.6 is 0 Å². The third kappa shape index (κ3) is 4.42. The van der Waals surface area contributed by atoms with Gasteiger partial charge in [-0.2, -0.15) is 8.78 Å². The second kappa shape index (κ2) is 7.89. The van der Waals surface area contributed by atoms with Crippen molar-refractivity contribution < 1.29 is 23.0 Å². The molecule has 0 saturated carbocycles. The minimum absolute atomic E-state index is 0.0156. The lowest BCUT2D eigenvalue weighted by molar-refractivity contribution is -0.0501. The summed E-state index contributed by atoms with van der Waals surface area (Å²) in [6.45, 7) is -0.101. The lowest BCUT2D eigenvalue weighted by Crippen LogP contribution is -2.36. The first-order valence-electron chi connectivity index (χ1n) is 7.77. The Labute approximate surface area is 143 Å². The summed E-state index contributed by atoms with van der Waals surface area (Å²) in [5.41, 5.74) is 0.949. The second-order valence-electron chi connectivity index (χ2n) is 5.33. The molecule has 1 saturated heterocycles. The maximum absolute atomic E-state index is 12.4. The largest absolute Gasteiger partial charge is 0.434 e. The van der Waals surface area contributed by atoms with Crippen LogP contribution in [-0.2, 0) is 4.74 Å². The number of nitrogens with one attached hydrogen (secondary N) is 1. The highest BCUT2D eigenvalue weighted by atomic mass is 19.3. The van der Waals surface area contributed by atoms with Gasteiger partial charge in [0.05, 0.1) is 30.7 Å². The molecule has 25 heavy (non-hydrogen) atoms. The monoisotopic (exact) mass is 349 g/mol. The van der Waals surface area contributed by atoms with Gasteiger partial charge in [-0.05, 0) is 24.3 Å². The highest BCUT2D eigenvalue weighted by Gasteiger charge is 2.16. The molecule has 8 heteroatoms. The van der Waals surface area contributed by atoms with Crippen LogP contribution in [0.1, 0.15) is 10.4 Å². The van der Waals surface area contributed by atoms with E-state index in [-0.39, 0.29) is 11.3 Å². The van der Waals surface area contributed by atoms with E-state index in [0.717, 1.165) is 18.8 Å². The molecule has 0 aliphatic carbocycles. The third-order valence-electron chi connectivity index (χ3n) is 3.71. The van der Waals surface area contributed by atoms with Crippen LogP contribution in [0.2, 0.25) is 0 Å². The number of rotatable bonds is 5. The summed E-state index contributed by atoms with van der Waals surface area (Å²) in [7, 11) is 0. The molecule has 1 amide bonds. The van der Waals surface area contributed by atoms with Crippen LogP contribution in [0.3, 0.4) is 0 Å². The summed E-state index contributed by atoms with van der Waals surface area (Å²) >= 11 is 0. The number of amides is 1. The zero-order valence-electron chi connectivity index (χ0n) is 13.3. The van der Waals surface area contributed by atoms with Gasteiger partial charge in [-0.1, -0.05) is 12.1 Å². The van der Waals surface area contributed by atoms with E-state index < -0.39 is 12.5 Å². The number of halogens is 2. The minimum Gasteiger partial charge on any atom is -0.434 e. The molecule has 3 rings (SSSR count). The number of ether oxygens (including phenoxy) is 2. The number of hydrogen-bond acceptors (Lipinski definition) is 5. The number of benzene rings is 1. The molecular weight excluding hydrogens is 332 g/mol. The van der Waals surface area contributed by atoms with Gasteiger partial charge in [0.25, 0.3) is 5.91 Å². The zero-order valence-corrected chi connectivity index (χ0v) is 13.3. The molecule has 1 aromatic heterocycles. The normalized spacial score (nSPS) is 14.4. The first kappa shape index (κ1) is 17.1. The molecule has 0 spiro atoms. The summed E-state index contributed by atoms with van der Waals surface area (Å²) in [4.78, 5) is 18.6. The Bertz CT molecular complexity index is 719. The van der Waals surface area contributed by atoms with E-state index in [2.05, 4.69) is 19.9 Å². The molecule has 0 radical (unpaired) electrons. The number of anilines is 2. The third-order valence-corrected chi connectivity index (χ3v) is 3.71. The highest BCUT2D eigenvalue weighted by Crippen LogP contribution is 2.22. The van der Waals surface area contributed by atoms with Crippen LogP contribution in [-0.4, -0.2) is 43.8 Å². The van der Waals surface area contributed by atoms with Gasteiger partial charge >= 0.3 is 6.61 Å². The maximum atomic E-state index is 12.4. The standard InChI is InChI=1S/C17H17F2N3O3/c18-17(19)25-14-4-2-1-3-13(14)16(23)21-15-6-5-12(11-20-15)22-7-9-24-10-8-22/h1-6,11,17H,7-10H2,(H,20,21,23). The van der Waals surface area contributed by atoms with E-state index in [1.165, 1.54) is 18.2 Å². The van der Waals surface area contributed by atoms with Gasteiger partial charge in [0, 0.05) is 13.1 Å². The van der Waals surface area contributed by atoms with Crippen LogP contribution < -0.4 is 15.0 Å². The smallest absolute Gasteiger partial charge is 0.387 e. The average Bonchev–Trinajstić information content (AvgIpc) is 2.63. The summed E-state index contributed by atoms with van der Waals surface area (Å²) in [5, 5.41) is 2.58. The number of para-hydroxylation sites is 1. The summed E-state index contributed by atoms with van der Waals surface area (Å²) in [6, 6.07) is 9.33. The van der Waals surface area contributed by atoms with E-state index in [0.29, 0.717) is 19.0 Å². The maximum Gasteiger partial charge on any atom is 0.387 e. The molecular formula is C17H17F2N3O3. The van der Waals surface area contributed by atoms with Crippen molar-refractivity contribution in [2.24, 2.45) is 0 Å². The number of aromatic nitrogens is 1. The fourth-order valence-corrected chi connectivity index (χ4v) is 2.51. The number of nitrogens with zero attached hydrogens (tertiary/aromatic N) is 2. The van der Waals surface area contributed by atoms with Crippen LogP contribution in [0, 0.1) is 0 Å². The lowest BCUT2D eigenvalue weighted by atomic mass is 10.2. The number of hydrogen-bond donors (Lipinski definition) is 1. The van der Waals surface area contributed by atoms with Crippen molar-refractivity contribution in [3.8, 4) is 5.75 Å². The highest BCUT2D eigenvalue weighted by molar-refractivity contribution is 6.05. The van der Waals surface area contributed by atoms with Gasteiger partial charge in [-0.3, -0.25) is 4.79 Å². The van der Waals surface area contributed by atoms with Crippen LogP contribution in [0.5, 0.6) is 5.75 Å². The van der Waals surface area contributed by atoms with E-state index in [9.17, 15) is 13.6 Å². The second-order valence-corrected chi connectivity index (χ2v) is 5.33. The van der Waals surface area contributed by atoms with Crippen LogP contribution in [0.25, 0.3) is 0 Å². The molecule has 0 bridgehead atoms. The SMILES string of the molecule is O=C(Nc1ccc(N2CCOCC2)cn1)c1ccccc1OC(F)F. The molecule has 2 heterocycles. The van der Waals surface area contributed by atoms with Crippen molar-refractivity contribution in [2.45, 2.75) is 6.61 Å². The zero-order chi connectivity index (χ0) is 17.6. The summed E-state index contributed by atoms with van der Waals surface area (Å²) < 4.78 is 34.5. The molecule has 0 atom stereocenters. The Morgan fingerprint density at radius 2 is 1.96 bits per heavy atom. The Morgan fingerprint density at radius 1 is 1.20 bits per heavy atom. The van der Waals surface area contributed by atoms with E-state index in [4.69, 9.17) is 4.74 Å². The van der Waals surface area contributed by atoms with Gasteiger partial charge in [0.2, 0.25) is 0 Å². The molecule has 0 unspecified atom stereocenters. The molecule has 132 valence electrons. The van der Waals surface area contributed by atoms with Crippen LogP contribution in [0.15, 0.2) is 42.6 Å². The number of carbonyl (C=O) groups excluding carboxylic acids is 1. The first-order valence-corrected chi connectivity index (χ1v) is 7.77. The Morgan fingerprint density at radius 3 is 2.64 bits per heavy atom. The van der Waals surface area contributed by atoms with Crippen molar-refractivity contribution in [1.82, 2.24) is 4.98 Å². The van der Waals surface area contributed by atoms with Gasteiger partial charge < -0.3 is 19.7 Å². The molecule has 1 aliphatic heterocycles. The van der Waals surface area contributed by atoms with Crippen molar-refractivity contribution in [2.75, 3.05) is 36.5 Å². The summed E-state index contributed by atoms with van der Waals surface area (Å²) in [6.07, 6.45) is 1.66. The molecule has 1 aliphatic rings. The van der Waals surface area contributed by atoms with E-state index >= 15 is 0 Å². The van der Waals surface area contributed by atoms with Crippen LogP contribution in [0.4, 0.5) is 20.3 Å². The van der Waals surface area contributed by atoms with Crippen molar-refractivity contribution >= 4 is 17.4 Å². The lowest BCUT2D eigenvalue weighted by Gasteiger charge is -2.28. The predicted octanol–water partition coefficient (Wildman–Crippen LogP) is 2.77. The topological polar surface area (TPSA) is 63.7 Å². The number of carbonyl (C=O) groups is 1. The van der Waals surface area contributed by atoms with Gasteiger partial charge in [0.1, 0.15) is 11.6 Å². The van der Waals surface area contributed by atoms with E-state index in [1.807, 2.05) is 6.07 Å². The fourth-order valence-electron chi connectivity index (χ4n) is 2.51. The molecule has 2 aromatic rings. The Kier molecular flexibility index (Phi) is 5.39. The first-order chi connectivity index (χ1) is 12.1. The number of morpholine rings is 1. The molecule has 1 N–H and O–H groups in total. The summed E-state index contributed by atoms with van der Waals surface area (Å²) in [5.74, 6) is -0.420. The van der Waals surface area contributed by atoms with E-state index in [1.54, 1.807) is 18.3 Å². The quantitative estimate of drug-likeness (QED) is 0.899. The Balaban J connectivity index is 1.69. The fraction of sp³-hybridized carbons (Fsp3) is 0.294.